The van der Waals surface area contributed by atoms with Gasteiger partial charge < -0.3 is 5.43 Å². The Morgan fingerprint density at radius 1 is 1.10 bits per heavy atom. The van der Waals surface area contributed by atoms with E-state index in [-0.39, 0.29) is 11.4 Å². The number of para-hydroxylation sites is 1. The van der Waals surface area contributed by atoms with Gasteiger partial charge in [-0.2, -0.15) is 13.2 Å². The lowest BCUT2D eigenvalue weighted by molar-refractivity contribution is -0.137. The predicted octanol–water partition coefficient (Wildman–Crippen LogP) is 4.01. The lowest BCUT2D eigenvalue weighted by Crippen LogP contribution is -2.31. The third-order valence-corrected chi connectivity index (χ3v) is 3.37. The quantitative estimate of drug-likeness (QED) is 0.369. The minimum Gasteiger partial charge on any atom is -0.308 e. The minimum atomic E-state index is -4.43. The Hall–Kier alpha value is -1.86. The summed E-state index contributed by atoms with van der Waals surface area (Å²) in [4.78, 5) is 4.21. The van der Waals surface area contributed by atoms with Crippen LogP contribution in [0.4, 0.5) is 18.9 Å². The van der Waals surface area contributed by atoms with Crippen molar-refractivity contribution in [2.75, 3.05) is 0 Å². The molecule has 0 bridgehead atoms. The molecule has 0 unspecified atom stereocenters. The molecular weight excluding hydrogens is 347 g/mol. The van der Waals surface area contributed by atoms with Gasteiger partial charge in [-0.25, -0.2) is 10.8 Å². The van der Waals surface area contributed by atoms with Crippen LogP contribution in [0.5, 0.6) is 0 Å². The highest BCUT2D eigenvalue weighted by molar-refractivity contribution is 9.10. The molecule has 0 aromatic heterocycles. The Morgan fingerprint density at radius 2 is 1.76 bits per heavy atom. The molecule has 0 amide bonds. The summed E-state index contributed by atoms with van der Waals surface area (Å²) in [6.45, 7) is 0. The van der Waals surface area contributed by atoms with Gasteiger partial charge in [-0.05, 0) is 30.3 Å². The molecule has 3 N–H and O–H groups in total. The molecule has 0 saturated carbocycles. The van der Waals surface area contributed by atoms with Crippen LogP contribution >= 0.6 is 15.9 Å². The van der Waals surface area contributed by atoms with Crippen molar-refractivity contribution in [2.24, 2.45) is 10.8 Å². The summed E-state index contributed by atoms with van der Waals surface area (Å²) >= 11 is 3.21. The van der Waals surface area contributed by atoms with Gasteiger partial charge in [0.1, 0.15) is 5.84 Å². The van der Waals surface area contributed by atoms with Crippen molar-refractivity contribution >= 4 is 27.5 Å². The summed E-state index contributed by atoms with van der Waals surface area (Å²) in [7, 11) is 0. The zero-order valence-corrected chi connectivity index (χ0v) is 12.2. The Bertz CT molecular complexity index is 654. The molecule has 0 radical (unpaired) electrons. The molecule has 0 saturated heterocycles. The summed E-state index contributed by atoms with van der Waals surface area (Å²) in [5.74, 6) is 5.54. The molecule has 110 valence electrons. The number of amidine groups is 1. The van der Waals surface area contributed by atoms with E-state index in [1.165, 1.54) is 6.07 Å². The second-order valence-electron chi connectivity index (χ2n) is 4.13. The fraction of sp³-hybridized carbons (Fsp3) is 0.0714. The van der Waals surface area contributed by atoms with E-state index in [4.69, 9.17) is 5.84 Å². The van der Waals surface area contributed by atoms with Gasteiger partial charge in [-0.1, -0.05) is 34.1 Å². The molecule has 0 fully saturated rings. The summed E-state index contributed by atoms with van der Waals surface area (Å²) < 4.78 is 38.8. The first-order chi connectivity index (χ1) is 9.91. The number of hydrogen-bond acceptors (Lipinski definition) is 2. The Labute approximate surface area is 127 Å². The van der Waals surface area contributed by atoms with Crippen molar-refractivity contribution in [1.29, 1.82) is 0 Å². The number of benzene rings is 2. The number of nitrogens with zero attached hydrogens (tertiary/aromatic N) is 1. The monoisotopic (exact) mass is 357 g/mol. The third kappa shape index (κ3) is 3.83. The minimum absolute atomic E-state index is 0.138. The number of rotatable bonds is 2. The molecule has 21 heavy (non-hydrogen) atoms. The lowest BCUT2D eigenvalue weighted by atomic mass is 10.1. The number of hydrogen-bond donors (Lipinski definition) is 2. The number of nitrogens with two attached hydrogens (primary N) is 1. The maximum absolute atomic E-state index is 12.8. The van der Waals surface area contributed by atoms with E-state index in [0.717, 1.165) is 12.1 Å². The normalized spacial score (nSPS) is 12.3. The highest BCUT2D eigenvalue weighted by Crippen LogP contribution is 2.32. The van der Waals surface area contributed by atoms with Crippen molar-refractivity contribution in [3.8, 4) is 0 Å². The summed E-state index contributed by atoms with van der Waals surface area (Å²) in [5, 5.41) is 0. The maximum Gasteiger partial charge on any atom is 0.416 e. The summed E-state index contributed by atoms with van der Waals surface area (Å²) in [6, 6.07) is 12.1. The first-order valence-corrected chi connectivity index (χ1v) is 6.68. The van der Waals surface area contributed by atoms with E-state index >= 15 is 0 Å². The van der Waals surface area contributed by atoms with Crippen molar-refractivity contribution < 1.29 is 13.2 Å². The molecule has 2 aromatic rings. The Kier molecular flexibility index (Phi) is 4.64. The van der Waals surface area contributed by atoms with Gasteiger partial charge >= 0.3 is 6.18 Å². The average molecular weight is 358 g/mol. The molecule has 0 aliphatic carbocycles. The van der Waals surface area contributed by atoms with Crippen LogP contribution in [0.15, 0.2) is 58.0 Å². The maximum atomic E-state index is 12.8. The second kappa shape index (κ2) is 6.28. The molecule has 0 aliphatic heterocycles. The van der Waals surface area contributed by atoms with E-state index in [1.807, 2.05) is 6.07 Å². The van der Waals surface area contributed by atoms with Gasteiger partial charge in [0.2, 0.25) is 0 Å². The average Bonchev–Trinajstić information content (AvgIpc) is 2.45. The Balaban J connectivity index is 2.50. The smallest absolute Gasteiger partial charge is 0.308 e. The largest absolute Gasteiger partial charge is 0.416 e. The lowest BCUT2D eigenvalue weighted by Gasteiger charge is -2.12. The zero-order valence-electron chi connectivity index (χ0n) is 10.7. The van der Waals surface area contributed by atoms with Crippen LogP contribution in [-0.2, 0) is 6.18 Å². The molecule has 0 spiro atoms. The van der Waals surface area contributed by atoms with Crippen LogP contribution in [0.3, 0.4) is 0 Å². The molecule has 0 heterocycles. The van der Waals surface area contributed by atoms with Crippen LogP contribution in [0.1, 0.15) is 11.1 Å². The molecule has 2 rings (SSSR count). The number of aliphatic imine (C=N–C) groups is 1. The fourth-order valence-electron chi connectivity index (χ4n) is 1.68. The SMILES string of the molecule is NNC(=Nc1ccccc1)c1cc(C(F)(F)F)ccc1Br. The van der Waals surface area contributed by atoms with E-state index in [0.29, 0.717) is 10.2 Å². The predicted molar refractivity (Wildman–Crippen MR) is 79.1 cm³/mol. The van der Waals surface area contributed by atoms with Crippen LogP contribution in [-0.4, -0.2) is 5.84 Å². The van der Waals surface area contributed by atoms with Gasteiger partial charge in [-0.3, -0.25) is 0 Å². The van der Waals surface area contributed by atoms with Gasteiger partial charge in [0, 0.05) is 10.0 Å². The fourth-order valence-corrected chi connectivity index (χ4v) is 2.12. The molecule has 2 aromatic carbocycles. The molecule has 7 heteroatoms. The summed E-state index contributed by atoms with van der Waals surface area (Å²) in [6.07, 6.45) is -4.43. The van der Waals surface area contributed by atoms with Crippen LogP contribution < -0.4 is 11.3 Å². The van der Waals surface area contributed by atoms with Gasteiger partial charge in [0.05, 0.1) is 11.3 Å². The standard InChI is InChI=1S/C14H11BrF3N3/c15-12-7-6-9(14(16,17)18)8-11(12)13(21-19)20-10-4-2-1-3-5-10/h1-8H,19H2,(H,20,21). The van der Waals surface area contributed by atoms with E-state index in [2.05, 4.69) is 26.3 Å². The van der Waals surface area contributed by atoms with Crippen molar-refractivity contribution in [3.63, 3.8) is 0 Å². The molecule has 0 atom stereocenters. The van der Waals surface area contributed by atoms with E-state index in [9.17, 15) is 13.2 Å². The molecule has 0 aliphatic rings. The van der Waals surface area contributed by atoms with Gasteiger partial charge in [0.15, 0.2) is 0 Å². The molecular formula is C14H11BrF3N3. The van der Waals surface area contributed by atoms with Crippen LogP contribution in [0.2, 0.25) is 0 Å². The van der Waals surface area contributed by atoms with E-state index in [1.54, 1.807) is 24.3 Å². The first kappa shape index (κ1) is 15.5. The first-order valence-electron chi connectivity index (χ1n) is 5.89. The topological polar surface area (TPSA) is 50.4 Å². The van der Waals surface area contributed by atoms with E-state index < -0.39 is 11.7 Å². The number of hydrazine groups is 1. The van der Waals surface area contributed by atoms with Crippen molar-refractivity contribution in [1.82, 2.24) is 5.43 Å². The van der Waals surface area contributed by atoms with Gasteiger partial charge in [0.25, 0.3) is 0 Å². The second-order valence-corrected chi connectivity index (χ2v) is 4.99. The highest BCUT2D eigenvalue weighted by Gasteiger charge is 2.31. The van der Waals surface area contributed by atoms with Gasteiger partial charge in [-0.15, -0.1) is 0 Å². The number of alkyl halides is 3. The number of nitrogens with one attached hydrogen (secondary N) is 1. The molecule has 3 nitrogen and oxygen atoms in total. The van der Waals surface area contributed by atoms with Crippen molar-refractivity contribution in [3.05, 3.63) is 64.1 Å². The zero-order chi connectivity index (χ0) is 15.5. The number of halogens is 4. The third-order valence-electron chi connectivity index (χ3n) is 2.68. The highest BCUT2D eigenvalue weighted by atomic mass is 79.9. The Morgan fingerprint density at radius 3 is 2.33 bits per heavy atom. The van der Waals surface area contributed by atoms with Crippen LogP contribution in [0.25, 0.3) is 0 Å². The van der Waals surface area contributed by atoms with Crippen molar-refractivity contribution in [2.45, 2.75) is 6.18 Å². The summed E-state index contributed by atoms with van der Waals surface area (Å²) in [5.41, 5.74) is 2.38. The van der Waals surface area contributed by atoms with Crippen LogP contribution in [0, 0.1) is 0 Å².